The van der Waals surface area contributed by atoms with Crippen LogP contribution in [0.3, 0.4) is 0 Å². The number of hydrogen-bond acceptors (Lipinski definition) is 5. The van der Waals surface area contributed by atoms with E-state index in [0.717, 1.165) is 5.56 Å². The normalized spacial score (nSPS) is 11.0. The summed E-state index contributed by atoms with van der Waals surface area (Å²) < 4.78 is 1.52. The molecule has 25 heavy (non-hydrogen) atoms. The van der Waals surface area contributed by atoms with Crippen molar-refractivity contribution in [3.05, 3.63) is 64.5 Å². The predicted octanol–water partition coefficient (Wildman–Crippen LogP) is 1.77. The van der Waals surface area contributed by atoms with Gasteiger partial charge in [0.05, 0.1) is 0 Å². The number of fused-ring (bicyclic) bond motifs is 1. The van der Waals surface area contributed by atoms with E-state index in [-0.39, 0.29) is 11.6 Å². The maximum atomic E-state index is 12.8. The van der Waals surface area contributed by atoms with E-state index in [4.69, 9.17) is 0 Å². The summed E-state index contributed by atoms with van der Waals surface area (Å²) >= 11 is 0. The van der Waals surface area contributed by atoms with Crippen LogP contribution in [0.25, 0.3) is 11.2 Å². The van der Waals surface area contributed by atoms with Gasteiger partial charge in [0.1, 0.15) is 5.52 Å². The fourth-order valence-electron chi connectivity index (χ4n) is 2.53. The first-order valence-corrected chi connectivity index (χ1v) is 8.09. The van der Waals surface area contributed by atoms with Crippen molar-refractivity contribution < 1.29 is 4.79 Å². The smallest absolute Gasteiger partial charge is 0.283 e. The van der Waals surface area contributed by atoms with Crippen molar-refractivity contribution in [3.63, 3.8) is 0 Å². The number of carbonyl (C=O) groups is 1. The Hall–Kier alpha value is -3.09. The van der Waals surface area contributed by atoms with Crippen LogP contribution in [0.2, 0.25) is 0 Å². The van der Waals surface area contributed by atoms with Crippen molar-refractivity contribution >= 4 is 17.1 Å². The predicted molar refractivity (Wildman–Crippen MR) is 94.0 cm³/mol. The number of rotatable bonds is 5. The van der Waals surface area contributed by atoms with Gasteiger partial charge in [-0.3, -0.25) is 19.1 Å². The number of pyridine rings is 2. The molecule has 128 valence electrons. The first-order valence-electron chi connectivity index (χ1n) is 8.09. The standard InChI is InChI=1S/C18H19N5O2/c1-12(2)11-23-16-14(4-3-7-20-16)22-15(18(23)25)17(24)21-10-13-5-8-19-9-6-13/h3-9,12H,10-11H2,1-2H3,(H,21,24). The second-order valence-electron chi connectivity index (χ2n) is 6.15. The van der Waals surface area contributed by atoms with E-state index in [1.54, 1.807) is 42.9 Å². The molecule has 0 fully saturated rings. The summed E-state index contributed by atoms with van der Waals surface area (Å²) in [5.74, 6) is -0.261. The Morgan fingerprint density at radius 2 is 1.96 bits per heavy atom. The molecule has 0 saturated heterocycles. The first kappa shape index (κ1) is 16.8. The average Bonchev–Trinajstić information content (AvgIpc) is 2.62. The summed E-state index contributed by atoms with van der Waals surface area (Å²) in [4.78, 5) is 37.7. The van der Waals surface area contributed by atoms with E-state index < -0.39 is 11.5 Å². The van der Waals surface area contributed by atoms with Gasteiger partial charge in [-0.15, -0.1) is 0 Å². The molecule has 1 amide bonds. The third-order valence-electron chi connectivity index (χ3n) is 3.67. The maximum absolute atomic E-state index is 12.8. The number of aromatic nitrogens is 4. The van der Waals surface area contributed by atoms with Crippen molar-refractivity contribution in [1.29, 1.82) is 0 Å². The van der Waals surface area contributed by atoms with E-state index in [2.05, 4.69) is 20.3 Å². The highest BCUT2D eigenvalue weighted by Crippen LogP contribution is 2.09. The van der Waals surface area contributed by atoms with Crippen LogP contribution in [0, 0.1) is 5.92 Å². The molecular formula is C18H19N5O2. The Balaban J connectivity index is 1.96. The van der Waals surface area contributed by atoms with Crippen LogP contribution in [-0.4, -0.2) is 25.4 Å². The lowest BCUT2D eigenvalue weighted by atomic mass is 10.2. The van der Waals surface area contributed by atoms with Gasteiger partial charge in [0.25, 0.3) is 11.5 Å². The van der Waals surface area contributed by atoms with Crippen molar-refractivity contribution in [2.75, 3.05) is 0 Å². The molecular weight excluding hydrogens is 318 g/mol. The van der Waals surface area contributed by atoms with Crippen molar-refractivity contribution in [3.8, 4) is 0 Å². The molecule has 0 aliphatic carbocycles. The van der Waals surface area contributed by atoms with Gasteiger partial charge < -0.3 is 5.32 Å². The van der Waals surface area contributed by atoms with Gasteiger partial charge in [0, 0.05) is 31.7 Å². The molecule has 0 aliphatic rings. The number of nitrogens with one attached hydrogen (secondary N) is 1. The van der Waals surface area contributed by atoms with Crippen LogP contribution in [-0.2, 0) is 13.1 Å². The maximum Gasteiger partial charge on any atom is 0.283 e. The van der Waals surface area contributed by atoms with Crippen molar-refractivity contribution in [2.45, 2.75) is 26.9 Å². The zero-order chi connectivity index (χ0) is 17.8. The summed E-state index contributed by atoms with van der Waals surface area (Å²) in [7, 11) is 0. The molecule has 3 heterocycles. The molecule has 0 saturated carbocycles. The summed E-state index contributed by atoms with van der Waals surface area (Å²) in [5.41, 5.74) is 1.37. The van der Waals surface area contributed by atoms with E-state index >= 15 is 0 Å². The van der Waals surface area contributed by atoms with E-state index in [1.165, 1.54) is 4.57 Å². The third kappa shape index (κ3) is 3.71. The van der Waals surface area contributed by atoms with Gasteiger partial charge in [0.15, 0.2) is 11.3 Å². The minimum Gasteiger partial charge on any atom is -0.346 e. The van der Waals surface area contributed by atoms with Crippen molar-refractivity contribution in [2.24, 2.45) is 5.92 Å². The quantitative estimate of drug-likeness (QED) is 0.766. The summed E-state index contributed by atoms with van der Waals surface area (Å²) in [6.45, 7) is 4.78. The number of amides is 1. The molecule has 0 bridgehead atoms. The zero-order valence-electron chi connectivity index (χ0n) is 14.1. The lowest BCUT2D eigenvalue weighted by Crippen LogP contribution is -2.35. The molecule has 0 unspecified atom stereocenters. The second-order valence-corrected chi connectivity index (χ2v) is 6.15. The molecule has 0 spiro atoms. The number of hydrogen-bond donors (Lipinski definition) is 1. The minimum atomic E-state index is -0.495. The fourth-order valence-corrected chi connectivity index (χ4v) is 2.53. The summed E-state index contributed by atoms with van der Waals surface area (Å²) in [6.07, 6.45) is 4.91. The van der Waals surface area contributed by atoms with Gasteiger partial charge >= 0.3 is 0 Å². The fraction of sp³-hybridized carbons (Fsp3) is 0.278. The molecule has 3 aromatic heterocycles. The SMILES string of the molecule is CC(C)Cn1c(=O)c(C(=O)NCc2ccncc2)nc2cccnc21. The lowest BCUT2D eigenvalue weighted by molar-refractivity contribution is 0.0944. The minimum absolute atomic E-state index is 0.116. The molecule has 1 N–H and O–H groups in total. The van der Waals surface area contributed by atoms with Gasteiger partial charge in [-0.2, -0.15) is 0 Å². The monoisotopic (exact) mass is 337 g/mol. The van der Waals surface area contributed by atoms with Gasteiger partial charge in [0.2, 0.25) is 0 Å². The Labute approximate surface area is 144 Å². The number of carbonyl (C=O) groups excluding carboxylic acids is 1. The van der Waals surface area contributed by atoms with Crippen LogP contribution < -0.4 is 10.9 Å². The van der Waals surface area contributed by atoms with E-state index in [0.29, 0.717) is 24.3 Å². The van der Waals surface area contributed by atoms with Crippen LogP contribution in [0.15, 0.2) is 47.7 Å². The van der Waals surface area contributed by atoms with Crippen LogP contribution >= 0.6 is 0 Å². The Kier molecular flexibility index (Phi) is 4.83. The summed E-state index contributed by atoms with van der Waals surface area (Å²) in [5, 5.41) is 2.74. The molecule has 7 nitrogen and oxygen atoms in total. The molecule has 7 heteroatoms. The van der Waals surface area contributed by atoms with Crippen molar-refractivity contribution in [1.82, 2.24) is 24.8 Å². The molecule has 0 atom stereocenters. The Morgan fingerprint density at radius 1 is 1.20 bits per heavy atom. The Bertz CT molecular complexity index is 951. The second kappa shape index (κ2) is 7.21. The number of nitrogens with zero attached hydrogens (tertiary/aromatic N) is 4. The van der Waals surface area contributed by atoms with Gasteiger partial charge in [-0.05, 0) is 35.7 Å². The highest BCUT2D eigenvalue weighted by Gasteiger charge is 2.18. The average molecular weight is 337 g/mol. The highest BCUT2D eigenvalue weighted by atomic mass is 16.2. The van der Waals surface area contributed by atoms with Crippen LogP contribution in [0.5, 0.6) is 0 Å². The summed E-state index contributed by atoms with van der Waals surface area (Å²) in [6, 6.07) is 7.08. The third-order valence-corrected chi connectivity index (χ3v) is 3.67. The molecule has 0 radical (unpaired) electrons. The van der Waals surface area contributed by atoms with Gasteiger partial charge in [-0.25, -0.2) is 9.97 Å². The largest absolute Gasteiger partial charge is 0.346 e. The molecule has 0 aliphatic heterocycles. The lowest BCUT2D eigenvalue weighted by Gasteiger charge is -2.13. The highest BCUT2D eigenvalue weighted by molar-refractivity contribution is 5.93. The molecule has 0 aromatic carbocycles. The van der Waals surface area contributed by atoms with Crippen LogP contribution in [0.1, 0.15) is 29.9 Å². The molecule has 3 aromatic rings. The van der Waals surface area contributed by atoms with Gasteiger partial charge in [-0.1, -0.05) is 13.8 Å². The van der Waals surface area contributed by atoms with E-state index in [1.807, 2.05) is 13.8 Å². The topological polar surface area (TPSA) is 89.8 Å². The zero-order valence-corrected chi connectivity index (χ0v) is 14.1. The first-order chi connectivity index (χ1) is 12.1. The van der Waals surface area contributed by atoms with E-state index in [9.17, 15) is 9.59 Å². The molecule has 3 rings (SSSR count). The Morgan fingerprint density at radius 3 is 2.68 bits per heavy atom. The van der Waals surface area contributed by atoms with Crippen LogP contribution in [0.4, 0.5) is 0 Å².